The normalized spacial score (nSPS) is 13.7. The van der Waals surface area contributed by atoms with Gasteiger partial charge in [0.1, 0.15) is 5.60 Å². The highest BCUT2D eigenvalue weighted by Gasteiger charge is 2.29. The molecule has 0 N–H and O–H groups in total. The van der Waals surface area contributed by atoms with Crippen molar-refractivity contribution in [3.05, 3.63) is 40.7 Å². The zero-order chi connectivity index (χ0) is 19.3. The number of nitrogens with zero attached hydrogens (tertiary/aromatic N) is 3. The van der Waals surface area contributed by atoms with E-state index in [1.807, 2.05) is 64.3 Å². The number of thiophene rings is 1. The minimum Gasteiger partial charge on any atom is -0.443 e. The van der Waals surface area contributed by atoms with Gasteiger partial charge in [-0.1, -0.05) is 26.0 Å². The van der Waals surface area contributed by atoms with Crippen LogP contribution >= 0.6 is 22.9 Å². The summed E-state index contributed by atoms with van der Waals surface area (Å²) in [7, 11) is 0. The fraction of sp³-hybridized carbons (Fsp3) is 0.421. The number of anilines is 1. The molecule has 140 valence electrons. The van der Waals surface area contributed by atoms with E-state index in [1.165, 1.54) is 16.2 Å². The third-order valence-electron chi connectivity index (χ3n) is 3.28. The summed E-state index contributed by atoms with van der Waals surface area (Å²) in [6.07, 6.45) is 7.26. The zero-order valence-corrected chi connectivity index (χ0v) is 17.3. The molecule has 0 atom stereocenters. The van der Waals surface area contributed by atoms with E-state index in [9.17, 15) is 4.79 Å². The first-order chi connectivity index (χ1) is 12.3. The number of allylic oxidation sites excluding steroid dienone is 3. The Morgan fingerprint density at radius 1 is 1.27 bits per heavy atom. The van der Waals surface area contributed by atoms with E-state index in [4.69, 9.17) is 16.3 Å². The van der Waals surface area contributed by atoms with Gasteiger partial charge in [0.2, 0.25) is 5.28 Å². The molecule has 0 aromatic carbocycles. The van der Waals surface area contributed by atoms with Crippen molar-refractivity contribution < 1.29 is 9.53 Å². The van der Waals surface area contributed by atoms with Gasteiger partial charge in [-0.2, -0.15) is 4.98 Å². The topological polar surface area (TPSA) is 55.3 Å². The van der Waals surface area contributed by atoms with Gasteiger partial charge in [0.05, 0.1) is 10.2 Å². The summed E-state index contributed by atoms with van der Waals surface area (Å²) in [4.78, 5) is 22.9. The number of fused-ring (bicyclic) bond motifs is 1. The number of halogens is 1. The van der Waals surface area contributed by atoms with Crippen molar-refractivity contribution in [2.45, 2.75) is 53.1 Å². The highest BCUT2D eigenvalue weighted by atomic mass is 35.5. The fourth-order valence-electron chi connectivity index (χ4n) is 2.36. The van der Waals surface area contributed by atoms with E-state index >= 15 is 0 Å². The SMILES string of the molecule is CC.CC(C)(C)OC(=O)N(C1=CCCC=C1)c1nc(Cl)nc2ccsc12. The Morgan fingerprint density at radius 3 is 2.62 bits per heavy atom. The summed E-state index contributed by atoms with van der Waals surface area (Å²) >= 11 is 7.53. The molecule has 1 aliphatic rings. The lowest BCUT2D eigenvalue weighted by Gasteiger charge is -2.28. The third kappa shape index (κ3) is 4.83. The van der Waals surface area contributed by atoms with Crippen molar-refractivity contribution in [1.82, 2.24) is 9.97 Å². The Hall–Kier alpha value is -1.92. The predicted molar refractivity (Wildman–Crippen MR) is 109 cm³/mol. The first kappa shape index (κ1) is 20.4. The quantitative estimate of drug-likeness (QED) is 0.558. The van der Waals surface area contributed by atoms with Gasteiger partial charge in [0.25, 0.3) is 0 Å². The first-order valence-electron chi connectivity index (χ1n) is 8.66. The van der Waals surface area contributed by atoms with Crippen LogP contribution < -0.4 is 4.90 Å². The lowest BCUT2D eigenvalue weighted by atomic mass is 10.1. The molecule has 0 aliphatic heterocycles. The fourth-order valence-corrected chi connectivity index (χ4v) is 3.34. The number of hydrogen-bond donors (Lipinski definition) is 0. The third-order valence-corrected chi connectivity index (χ3v) is 4.35. The molecule has 0 bridgehead atoms. The van der Waals surface area contributed by atoms with E-state index < -0.39 is 11.7 Å². The summed E-state index contributed by atoms with van der Waals surface area (Å²) in [5.41, 5.74) is 0.837. The predicted octanol–water partition coefficient (Wildman–Crippen LogP) is 6.35. The van der Waals surface area contributed by atoms with Gasteiger partial charge < -0.3 is 4.74 Å². The van der Waals surface area contributed by atoms with Gasteiger partial charge in [-0.3, -0.25) is 0 Å². The Labute approximate surface area is 163 Å². The lowest BCUT2D eigenvalue weighted by molar-refractivity contribution is 0.0593. The molecule has 7 heteroatoms. The molecule has 0 saturated heterocycles. The number of amides is 1. The molecule has 3 rings (SSSR count). The van der Waals surface area contributed by atoms with Crippen molar-refractivity contribution >= 4 is 45.1 Å². The number of carbonyl (C=O) groups is 1. The van der Waals surface area contributed by atoms with Gasteiger partial charge in [-0.15, -0.1) is 11.3 Å². The van der Waals surface area contributed by atoms with Crippen LogP contribution in [-0.4, -0.2) is 21.7 Å². The maximum atomic E-state index is 12.9. The molecule has 0 radical (unpaired) electrons. The van der Waals surface area contributed by atoms with Gasteiger partial charge >= 0.3 is 6.09 Å². The molecule has 5 nitrogen and oxygen atoms in total. The number of ether oxygens (including phenoxy) is 1. The zero-order valence-electron chi connectivity index (χ0n) is 15.7. The molecule has 2 aromatic rings. The first-order valence-corrected chi connectivity index (χ1v) is 9.91. The number of carbonyl (C=O) groups excluding carboxylic acids is 1. The van der Waals surface area contributed by atoms with Gasteiger partial charge in [0.15, 0.2) is 5.82 Å². The second-order valence-electron chi connectivity index (χ2n) is 6.38. The summed E-state index contributed by atoms with van der Waals surface area (Å²) in [6.45, 7) is 9.51. The number of rotatable bonds is 2. The van der Waals surface area contributed by atoms with E-state index in [0.717, 1.165) is 23.2 Å². The van der Waals surface area contributed by atoms with E-state index in [-0.39, 0.29) is 5.28 Å². The summed E-state index contributed by atoms with van der Waals surface area (Å²) in [6, 6.07) is 1.86. The van der Waals surface area contributed by atoms with E-state index in [1.54, 1.807) is 0 Å². The minimum absolute atomic E-state index is 0.102. The van der Waals surface area contributed by atoms with Crippen LogP contribution in [0.2, 0.25) is 5.28 Å². The molecule has 1 aliphatic carbocycles. The maximum Gasteiger partial charge on any atom is 0.420 e. The van der Waals surface area contributed by atoms with E-state index in [0.29, 0.717) is 11.3 Å². The van der Waals surface area contributed by atoms with E-state index in [2.05, 4.69) is 9.97 Å². The Bertz CT molecular complexity index is 837. The van der Waals surface area contributed by atoms with Gasteiger partial charge in [-0.25, -0.2) is 14.7 Å². The van der Waals surface area contributed by atoms with Crippen LogP contribution in [0.5, 0.6) is 0 Å². The smallest absolute Gasteiger partial charge is 0.420 e. The molecule has 2 heterocycles. The average Bonchev–Trinajstić information content (AvgIpc) is 3.04. The highest BCUT2D eigenvalue weighted by molar-refractivity contribution is 7.17. The van der Waals surface area contributed by atoms with Crippen molar-refractivity contribution in [3.63, 3.8) is 0 Å². The number of aromatic nitrogens is 2. The molecule has 0 fully saturated rings. The summed E-state index contributed by atoms with van der Waals surface area (Å²) in [5.74, 6) is 0.451. The summed E-state index contributed by atoms with van der Waals surface area (Å²) in [5, 5.41) is 2.00. The molecule has 1 amide bonds. The molecular weight excluding hydrogens is 370 g/mol. The van der Waals surface area contributed by atoms with Gasteiger partial charge in [0, 0.05) is 5.70 Å². The summed E-state index contributed by atoms with van der Waals surface area (Å²) < 4.78 is 6.38. The van der Waals surface area contributed by atoms with Crippen LogP contribution in [-0.2, 0) is 4.74 Å². The monoisotopic (exact) mass is 393 g/mol. The average molecular weight is 394 g/mol. The maximum absolute atomic E-state index is 12.9. The standard InChI is InChI=1S/C17H18ClN3O2S.C2H6/c1-17(2,3)23-16(22)21(11-7-5-4-6-8-11)14-13-12(9-10-24-13)19-15(18)20-14;1-2/h5,7-10H,4,6H2,1-3H3;1-2H3. The van der Waals surface area contributed by atoms with Crippen LogP contribution in [0.1, 0.15) is 47.5 Å². The van der Waals surface area contributed by atoms with Crippen molar-refractivity contribution in [3.8, 4) is 0 Å². The molecule has 0 unspecified atom stereocenters. The number of hydrogen-bond acceptors (Lipinski definition) is 5. The molecule has 2 aromatic heterocycles. The Balaban J connectivity index is 0.00000117. The van der Waals surface area contributed by atoms with Crippen LogP contribution in [0.4, 0.5) is 10.6 Å². The molecule has 26 heavy (non-hydrogen) atoms. The van der Waals surface area contributed by atoms with Crippen molar-refractivity contribution in [1.29, 1.82) is 0 Å². The van der Waals surface area contributed by atoms with Crippen LogP contribution in [0, 0.1) is 0 Å². The second kappa shape index (κ2) is 8.64. The minimum atomic E-state index is -0.611. The molecule has 0 saturated carbocycles. The lowest BCUT2D eigenvalue weighted by Crippen LogP contribution is -2.36. The van der Waals surface area contributed by atoms with Crippen LogP contribution in [0.15, 0.2) is 35.4 Å². The molecule has 0 spiro atoms. The Morgan fingerprint density at radius 2 is 2.00 bits per heavy atom. The van der Waals surface area contributed by atoms with Gasteiger partial charge in [-0.05, 0) is 62.7 Å². The van der Waals surface area contributed by atoms with Crippen molar-refractivity contribution in [2.75, 3.05) is 4.90 Å². The largest absolute Gasteiger partial charge is 0.443 e. The van der Waals surface area contributed by atoms with Crippen molar-refractivity contribution in [2.24, 2.45) is 0 Å². The second-order valence-corrected chi connectivity index (χ2v) is 7.63. The molecular formula is C19H24ClN3O2S. The highest BCUT2D eigenvalue weighted by Crippen LogP contribution is 2.34. The van der Waals surface area contributed by atoms with Crippen LogP contribution in [0.3, 0.4) is 0 Å². The van der Waals surface area contributed by atoms with Crippen LogP contribution in [0.25, 0.3) is 10.2 Å². The Kier molecular flexibility index (Phi) is 6.78.